The van der Waals surface area contributed by atoms with Gasteiger partial charge >= 0.3 is 6.03 Å². The molecular formula is C13H18N2O2S. The number of rotatable bonds is 5. The third kappa shape index (κ3) is 5.23. The molecule has 0 aromatic heterocycles. The van der Waals surface area contributed by atoms with E-state index in [1.54, 1.807) is 11.8 Å². The molecule has 0 heterocycles. The first-order valence-corrected chi connectivity index (χ1v) is 6.86. The fraction of sp³-hybridized carbons (Fsp3) is 0.385. The third-order valence-electron chi connectivity index (χ3n) is 2.45. The van der Waals surface area contributed by atoms with Gasteiger partial charge < -0.3 is 5.32 Å². The maximum Gasteiger partial charge on any atom is 0.321 e. The van der Waals surface area contributed by atoms with Crippen LogP contribution in [-0.2, 0) is 4.79 Å². The van der Waals surface area contributed by atoms with Crippen LogP contribution in [0.3, 0.4) is 0 Å². The Hall–Kier alpha value is -1.49. The smallest absolute Gasteiger partial charge is 0.321 e. The van der Waals surface area contributed by atoms with Crippen LogP contribution in [0.4, 0.5) is 4.79 Å². The zero-order valence-electron chi connectivity index (χ0n) is 10.6. The summed E-state index contributed by atoms with van der Waals surface area (Å²) < 4.78 is 0. The summed E-state index contributed by atoms with van der Waals surface area (Å²) >= 11 is 1.70. The highest BCUT2D eigenvalue weighted by Crippen LogP contribution is 2.27. The molecule has 2 N–H and O–H groups in total. The van der Waals surface area contributed by atoms with Crippen molar-refractivity contribution >= 4 is 23.7 Å². The van der Waals surface area contributed by atoms with Gasteiger partial charge in [0.15, 0.2) is 0 Å². The van der Waals surface area contributed by atoms with Gasteiger partial charge in [-0.2, -0.15) is 11.8 Å². The Balaban J connectivity index is 2.26. The molecule has 1 aromatic rings. The molecule has 0 aliphatic rings. The predicted molar refractivity (Wildman–Crippen MR) is 74.5 cm³/mol. The molecule has 4 nitrogen and oxygen atoms in total. The molecule has 1 atom stereocenters. The van der Waals surface area contributed by atoms with Crippen LogP contribution in [0.15, 0.2) is 30.3 Å². The largest absolute Gasteiger partial charge is 0.341 e. The van der Waals surface area contributed by atoms with Gasteiger partial charge in [-0.1, -0.05) is 30.3 Å². The Morgan fingerprint density at radius 2 is 1.94 bits per heavy atom. The van der Waals surface area contributed by atoms with E-state index in [4.69, 9.17) is 0 Å². The van der Waals surface area contributed by atoms with Crippen LogP contribution in [0.2, 0.25) is 0 Å². The molecule has 98 valence electrons. The predicted octanol–water partition coefficient (Wildman–Crippen LogP) is 2.33. The van der Waals surface area contributed by atoms with Crippen LogP contribution in [0, 0.1) is 0 Å². The van der Waals surface area contributed by atoms with Gasteiger partial charge in [0.25, 0.3) is 0 Å². The van der Waals surface area contributed by atoms with Crippen molar-refractivity contribution in [1.82, 2.24) is 10.6 Å². The van der Waals surface area contributed by atoms with Crippen LogP contribution >= 0.6 is 11.8 Å². The minimum Gasteiger partial charge on any atom is -0.341 e. The molecule has 1 aromatic carbocycles. The number of thioether (sulfide) groups is 1. The number of amides is 3. The molecule has 0 fully saturated rings. The van der Waals surface area contributed by atoms with Crippen LogP contribution in [0.5, 0.6) is 0 Å². The second-order valence-corrected chi connectivity index (χ2v) is 5.25. The molecule has 0 saturated carbocycles. The van der Waals surface area contributed by atoms with Gasteiger partial charge in [0, 0.05) is 24.5 Å². The highest BCUT2D eigenvalue weighted by Gasteiger charge is 2.08. The molecule has 0 bridgehead atoms. The van der Waals surface area contributed by atoms with E-state index in [9.17, 15) is 9.59 Å². The van der Waals surface area contributed by atoms with Crippen LogP contribution in [0.1, 0.15) is 24.2 Å². The highest BCUT2D eigenvalue weighted by atomic mass is 32.2. The molecular weight excluding hydrogens is 248 g/mol. The summed E-state index contributed by atoms with van der Waals surface area (Å²) in [5, 5.41) is 4.93. The summed E-state index contributed by atoms with van der Waals surface area (Å²) in [4.78, 5) is 22.2. The van der Waals surface area contributed by atoms with Gasteiger partial charge in [-0.15, -0.1) is 0 Å². The lowest BCUT2D eigenvalue weighted by atomic mass is 10.2. The highest BCUT2D eigenvalue weighted by molar-refractivity contribution is 7.99. The molecule has 0 spiro atoms. The lowest BCUT2D eigenvalue weighted by molar-refractivity contribution is -0.119. The number of benzene rings is 1. The molecule has 1 rings (SSSR count). The van der Waals surface area contributed by atoms with Crippen LogP contribution in [-0.4, -0.2) is 24.7 Å². The Labute approximate surface area is 112 Å². The van der Waals surface area contributed by atoms with E-state index in [-0.39, 0.29) is 5.91 Å². The van der Waals surface area contributed by atoms with Crippen molar-refractivity contribution in [3.63, 3.8) is 0 Å². The third-order valence-corrected chi connectivity index (χ3v) is 3.66. The quantitative estimate of drug-likeness (QED) is 0.860. The number of imide groups is 1. The fourth-order valence-electron chi connectivity index (χ4n) is 1.40. The summed E-state index contributed by atoms with van der Waals surface area (Å²) in [5.74, 6) is 0.445. The van der Waals surface area contributed by atoms with Crippen molar-refractivity contribution in [2.24, 2.45) is 0 Å². The first-order valence-electron chi connectivity index (χ1n) is 5.81. The Morgan fingerprint density at radius 3 is 2.56 bits per heavy atom. The summed E-state index contributed by atoms with van der Waals surface area (Å²) in [6.07, 6.45) is 0.343. The number of urea groups is 1. The SMILES string of the molecule is CNC(=O)NC(=O)CCS[C@H](C)c1ccccc1. The van der Waals surface area contributed by atoms with Crippen molar-refractivity contribution < 1.29 is 9.59 Å². The molecule has 0 aliphatic carbocycles. The van der Waals surface area contributed by atoms with Crippen molar-refractivity contribution in [1.29, 1.82) is 0 Å². The van der Waals surface area contributed by atoms with Crippen molar-refractivity contribution in [2.75, 3.05) is 12.8 Å². The van der Waals surface area contributed by atoms with E-state index in [0.717, 1.165) is 0 Å². The zero-order chi connectivity index (χ0) is 13.4. The van der Waals surface area contributed by atoms with Gasteiger partial charge in [-0.25, -0.2) is 4.79 Å². The second kappa shape index (κ2) is 7.76. The molecule has 5 heteroatoms. The number of carbonyl (C=O) groups excluding carboxylic acids is 2. The van der Waals surface area contributed by atoms with Gasteiger partial charge in [0.1, 0.15) is 0 Å². The molecule has 0 unspecified atom stereocenters. The van der Waals surface area contributed by atoms with E-state index in [2.05, 4.69) is 29.7 Å². The average molecular weight is 266 g/mol. The Bertz CT molecular complexity index is 395. The van der Waals surface area contributed by atoms with Gasteiger partial charge in [0.05, 0.1) is 0 Å². The first kappa shape index (κ1) is 14.6. The van der Waals surface area contributed by atoms with Crippen LogP contribution in [0.25, 0.3) is 0 Å². The zero-order valence-corrected chi connectivity index (χ0v) is 11.4. The molecule has 0 saturated heterocycles. The fourth-order valence-corrected chi connectivity index (χ4v) is 2.41. The molecule has 0 radical (unpaired) electrons. The minimum atomic E-state index is -0.457. The average Bonchev–Trinajstić information content (AvgIpc) is 2.39. The normalized spacial score (nSPS) is 11.7. The van der Waals surface area contributed by atoms with E-state index >= 15 is 0 Å². The topological polar surface area (TPSA) is 58.2 Å². The first-order chi connectivity index (χ1) is 8.63. The Kier molecular flexibility index (Phi) is 6.28. The standard InChI is InChI=1S/C13H18N2O2S/c1-10(11-6-4-3-5-7-11)18-9-8-12(16)15-13(17)14-2/h3-7,10H,8-9H2,1-2H3,(H2,14,15,16,17)/t10-/m1/s1. The summed E-state index contributed by atoms with van der Waals surface area (Å²) in [6.45, 7) is 2.11. The lowest BCUT2D eigenvalue weighted by Crippen LogP contribution is -2.37. The van der Waals surface area contributed by atoms with Gasteiger partial charge in [0.2, 0.25) is 5.91 Å². The maximum absolute atomic E-state index is 11.3. The van der Waals surface area contributed by atoms with Crippen LogP contribution < -0.4 is 10.6 Å². The maximum atomic E-state index is 11.3. The summed E-state index contributed by atoms with van der Waals surface area (Å²) in [5.41, 5.74) is 1.24. The minimum absolute atomic E-state index is 0.248. The second-order valence-electron chi connectivity index (χ2n) is 3.80. The number of nitrogens with one attached hydrogen (secondary N) is 2. The van der Waals surface area contributed by atoms with Crippen molar-refractivity contribution in [2.45, 2.75) is 18.6 Å². The molecule has 0 aliphatic heterocycles. The molecule has 3 amide bonds. The summed E-state index contributed by atoms with van der Waals surface area (Å²) in [6, 6.07) is 9.68. The van der Waals surface area contributed by atoms with E-state index in [1.807, 2.05) is 18.2 Å². The van der Waals surface area contributed by atoms with E-state index in [1.165, 1.54) is 12.6 Å². The van der Waals surface area contributed by atoms with Crippen molar-refractivity contribution in [3.05, 3.63) is 35.9 Å². The van der Waals surface area contributed by atoms with Gasteiger partial charge in [-0.3, -0.25) is 10.1 Å². The van der Waals surface area contributed by atoms with E-state index < -0.39 is 6.03 Å². The van der Waals surface area contributed by atoms with E-state index in [0.29, 0.717) is 17.4 Å². The molecule has 18 heavy (non-hydrogen) atoms. The number of hydrogen-bond acceptors (Lipinski definition) is 3. The van der Waals surface area contributed by atoms with Crippen molar-refractivity contribution in [3.8, 4) is 0 Å². The summed E-state index contributed by atoms with van der Waals surface area (Å²) in [7, 11) is 1.48. The van der Waals surface area contributed by atoms with Gasteiger partial charge in [-0.05, 0) is 12.5 Å². The monoisotopic (exact) mass is 266 g/mol. The number of carbonyl (C=O) groups is 2. The lowest BCUT2D eigenvalue weighted by Gasteiger charge is -2.11. The number of hydrogen-bond donors (Lipinski definition) is 2. The Morgan fingerprint density at radius 1 is 1.28 bits per heavy atom.